The van der Waals surface area contributed by atoms with Gasteiger partial charge in [0.1, 0.15) is 11.9 Å². The van der Waals surface area contributed by atoms with Gasteiger partial charge in [-0.25, -0.2) is 4.79 Å². The van der Waals surface area contributed by atoms with Crippen LogP contribution in [0.5, 0.6) is 0 Å². The second kappa shape index (κ2) is 4.96. The fraction of sp³-hybridized carbons (Fsp3) is 0.571. The highest BCUT2D eigenvalue weighted by atomic mass is 16.2. The zero-order valence-corrected chi connectivity index (χ0v) is 11.7. The third kappa shape index (κ3) is 3.50. The largest absolute Gasteiger partial charge is 0.338 e. The maximum Gasteiger partial charge on any atom is 0.320 e. The van der Waals surface area contributed by atoms with Gasteiger partial charge in [0.25, 0.3) is 0 Å². The van der Waals surface area contributed by atoms with Crippen molar-refractivity contribution < 1.29 is 4.79 Å². The van der Waals surface area contributed by atoms with Crippen LogP contribution in [0.25, 0.3) is 0 Å². The van der Waals surface area contributed by atoms with Crippen LogP contribution in [-0.2, 0) is 5.54 Å². The lowest BCUT2D eigenvalue weighted by atomic mass is 10.1. The van der Waals surface area contributed by atoms with E-state index < -0.39 is 0 Å². The molecule has 102 valence electrons. The second-order valence-electron chi connectivity index (χ2n) is 6.05. The predicted octanol–water partition coefficient (Wildman–Crippen LogP) is 2.65. The molecule has 0 saturated heterocycles. The molecule has 5 nitrogen and oxygen atoms in total. The van der Waals surface area contributed by atoms with Gasteiger partial charge in [0, 0.05) is 18.3 Å². The first-order valence-electron chi connectivity index (χ1n) is 6.58. The number of aromatic nitrogens is 1. The molecule has 2 rings (SSSR count). The molecule has 1 heterocycles. The van der Waals surface area contributed by atoms with Crippen LogP contribution in [-0.4, -0.2) is 17.1 Å². The molecule has 1 fully saturated rings. The molecular formula is C14H20N4O. The molecule has 1 aliphatic rings. The Kier molecular flexibility index (Phi) is 3.52. The van der Waals surface area contributed by atoms with E-state index in [2.05, 4.69) is 16.7 Å². The Balaban J connectivity index is 2.07. The number of nitriles is 1. The molecule has 1 aromatic rings. The minimum Gasteiger partial charge on any atom is -0.338 e. The third-order valence-electron chi connectivity index (χ3n) is 3.16. The van der Waals surface area contributed by atoms with E-state index in [0.29, 0.717) is 17.3 Å². The van der Waals surface area contributed by atoms with Gasteiger partial charge < -0.3 is 9.88 Å². The van der Waals surface area contributed by atoms with Gasteiger partial charge in [-0.2, -0.15) is 5.26 Å². The summed E-state index contributed by atoms with van der Waals surface area (Å²) in [7, 11) is 0. The quantitative estimate of drug-likeness (QED) is 0.877. The lowest BCUT2D eigenvalue weighted by molar-refractivity contribution is 0.251. The van der Waals surface area contributed by atoms with Gasteiger partial charge in [0.05, 0.1) is 5.56 Å². The number of amides is 2. The van der Waals surface area contributed by atoms with Crippen LogP contribution in [0.15, 0.2) is 12.3 Å². The normalized spacial score (nSPS) is 14.8. The molecule has 0 bridgehead atoms. The van der Waals surface area contributed by atoms with Crippen LogP contribution >= 0.6 is 0 Å². The summed E-state index contributed by atoms with van der Waals surface area (Å²) in [5.74, 6) is 1.30. The van der Waals surface area contributed by atoms with Crippen LogP contribution in [0.1, 0.15) is 39.2 Å². The van der Waals surface area contributed by atoms with Crippen molar-refractivity contribution in [2.24, 2.45) is 5.92 Å². The molecule has 19 heavy (non-hydrogen) atoms. The summed E-state index contributed by atoms with van der Waals surface area (Å²) in [6.07, 6.45) is 4.17. The molecule has 2 N–H and O–H groups in total. The maximum absolute atomic E-state index is 11.8. The Hall–Kier alpha value is -1.96. The Labute approximate surface area is 113 Å². The topological polar surface area (TPSA) is 69.8 Å². The van der Waals surface area contributed by atoms with Gasteiger partial charge in [0.15, 0.2) is 0 Å². The molecule has 0 aromatic carbocycles. The summed E-state index contributed by atoms with van der Waals surface area (Å²) in [4.78, 5) is 11.8. The van der Waals surface area contributed by atoms with E-state index in [4.69, 9.17) is 5.26 Å². The van der Waals surface area contributed by atoms with E-state index in [1.54, 1.807) is 12.3 Å². The number of carbonyl (C=O) groups is 1. The Bertz CT molecular complexity index is 515. The molecule has 2 amide bonds. The minimum absolute atomic E-state index is 0.186. The molecule has 1 saturated carbocycles. The second-order valence-corrected chi connectivity index (χ2v) is 6.05. The van der Waals surface area contributed by atoms with Crippen molar-refractivity contribution in [3.05, 3.63) is 17.8 Å². The van der Waals surface area contributed by atoms with E-state index in [0.717, 1.165) is 6.54 Å². The van der Waals surface area contributed by atoms with Gasteiger partial charge in [-0.3, -0.25) is 5.32 Å². The highest BCUT2D eigenvalue weighted by Gasteiger charge is 2.22. The molecule has 0 unspecified atom stereocenters. The minimum atomic E-state index is -0.208. The van der Waals surface area contributed by atoms with Gasteiger partial charge in [-0.05, 0) is 45.6 Å². The third-order valence-corrected chi connectivity index (χ3v) is 3.16. The van der Waals surface area contributed by atoms with Crippen molar-refractivity contribution in [3.63, 3.8) is 0 Å². The fourth-order valence-electron chi connectivity index (χ4n) is 1.89. The summed E-state index contributed by atoms with van der Waals surface area (Å²) in [5, 5.41) is 14.6. The Morgan fingerprint density at radius 3 is 2.74 bits per heavy atom. The number of hydrogen-bond donors (Lipinski definition) is 2. The molecule has 1 aromatic heterocycles. The van der Waals surface area contributed by atoms with E-state index in [9.17, 15) is 4.79 Å². The zero-order valence-electron chi connectivity index (χ0n) is 11.7. The summed E-state index contributed by atoms with van der Waals surface area (Å²) < 4.78 is 1.91. The van der Waals surface area contributed by atoms with E-state index in [1.807, 2.05) is 25.3 Å². The lowest BCUT2D eigenvalue weighted by Gasteiger charge is -2.24. The van der Waals surface area contributed by atoms with Crippen LogP contribution in [0.2, 0.25) is 0 Å². The van der Waals surface area contributed by atoms with Gasteiger partial charge in [-0.15, -0.1) is 0 Å². The van der Waals surface area contributed by atoms with Crippen molar-refractivity contribution in [1.82, 2.24) is 9.88 Å². The van der Waals surface area contributed by atoms with Gasteiger partial charge in [-0.1, -0.05) is 0 Å². The smallest absolute Gasteiger partial charge is 0.320 e. The highest BCUT2D eigenvalue weighted by Crippen LogP contribution is 2.27. The molecule has 0 spiro atoms. The van der Waals surface area contributed by atoms with Crippen LogP contribution in [0.3, 0.4) is 0 Å². The first kappa shape index (κ1) is 13.5. The summed E-state index contributed by atoms with van der Waals surface area (Å²) in [6.45, 7) is 6.82. The number of nitrogens with zero attached hydrogens (tertiary/aromatic N) is 2. The molecule has 5 heteroatoms. The molecule has 0 atom stereocenters. The maximum atomic E-state index is 11.8. The monoisotopic (exact) mass is 260 g/mol. The first-order valence-corrected chi connectivity index (χ1v) is 6.58. The molecule has 1 aliphatic carbocycles. The Morgan fingerprint density at radius 2 is 2.21 bits per heavy atom. The standard InChI is InChI=1S/C14H20N4O/c1-14(2,3)18-9-11(7-15)6-12(18)17-13(19)16-8-10-4-5-10/h6,9-10H,4-5,8H2,1-3H3,(H2,16,17,19). The number of rotatable bonds is 3. The summed E-state index contributed by atoms with van der Waals surface area (Å²) in [6, 6.07) is 3.59. The number of carbonyl (C=O) groups excluding carboxylic acids is 1. The average molecular weight is 260 g/mol. The first-order chi connectivity index (χ1) is 8.90. The van der Waals surface area contributed by atoms with Crippen molar-refractivity contribution in [1.29, 1.82) is 5.26 Å². The van der Waals surface area contributed by atoms with E-state index in [-0.39, 0.29) is 11.6 Å². The van der Waals surface area contributed by atoms with Crippen molar-refractivity contribution >= 4 is 11.8 Å². The zero-order chi connectivity index (χ0) is 14.0. The number of urea groups is 1. The number of anilines is 1. The number of hydrogen-bond acceptors (Lipinski definition) is 2. The van der Waals surface area contributed by atoms with Crippen molar-refractivity contribution in [2.75, 3.05) is 11.9 Å². The predicted molar refractivity (Wildman–Crippen MR) is 73.9 cm³/mol. The Morgan fingerprint density at radius 1 is 1.53 bits per heavy atom. The number of nitrogens with one attached hydrogen (secondary N) is 2. The average Bonchev–Trinajstić information content (AvgIpc) is 3.05. The lowest BCUT2D eigenvalue weighted by Crippen LogP contribution is -2.32. The van der Waals surface area contributed by atoms with Gasteiger partial charge >= 0.3 is 6.03 Å². The SMILES string of the molecule is CC(C)(C)n1cc(C#N)cc1NC(=O)NCC1CC1. The van der Waals surface area contributed by atoms with Crippen molar-refractivity contribution in [3.8, 4) is 6.07 Å². The van der Waals surface area contributed by atoms with Gasteiger partial charge in [0.2, 0.25) is 0 Å². The van der Waals surface area contributed by atoms with Crippen LogP contribution < -0.4 is 10.6 Å². The summed E-state index contributed by atoms with van der Waals surface area (Å²) >= 11 is 0. The highest BCUT2D eigenvalue weighted by molar-refractivity contribution is 5.88. The van der Waals surface area contributed by atoms with Crippen LogP contribution in [0.4, 0.5) is 10.6 Å². The van der Waals surface area contributed by atoms with E-state index >= 15 is 0 Å². The fourth-order valence-corrected chi connectivity index (χ4v) is 1.89. The van der Waals surface area contributed by atoms with Crippen LogP contribution in [0, 0.1) is 17.2 Å². The molecule has 0 aliphatic heterocycles. The van der Waals surface area contributed by atoms with Crippen molar-refractivity contribution in [2.45, 2.75) is 39.2 Å². The molecular weight excluding hydrogens is 240 g/mol. The molecule has 0 radical (unpaired) electrons. The van der Waals surface area contributed by atoms with E-state index in [1.165, 1.54) is 12.8 Å². The summed E-state index contributed by atoms with van der Waals surface area (Å²) in [5.41, 5.74) is 0.362.